The average molecular weight is 334 g/mol. The molecule has 0 saturated heterocycles. The van der Waals surface area contributed by atoms with Gasteiger partial charge in [-0.05, 0) is 62.0 Å². The van der Waals surface area contributed by atoms with Crippen LogP contribution in [-0.2, 0) is 0 Å². The van der Waals surface area contributed by atoms with Gasteiger partial charge in [-0.3, -0.25) is 4.99 Å². The molecule has 1 aromatic rings. The van der Waals surface area contributed by atoms with Crippen LogP contribution in [0, 0.1) is 18.7 Å². The average Bonchev–Trinajstić information content (AvgIpc) is 3.35. The smallest absolute Gasteiger partial charge is 0.130 e. The number of benzene rings is 1. The second kappa shape index (κ2) is 7.55. The van der Waals surface area contributed by atoms with Gasteiger partial charge in [0.15, 0.2) is 0 Å². The molecule has 1 aliphatic carbocycles. The van der Waals surface area contributed by atoms with Crippen molar-refractivity contribution in [3.05, 3.63) is 53.0 Å². The number of hydrogen-bond acceptors (Lipinski definition) is 3. The van der Waals surface area contributed by atoms with E-state index >= 15 is 0 Å². The highest BCUT2D eigenvalue weighted by Crippen LogP contribution is 2.39. The number of aryl methyl sites for hydroxylation is 1. The summed E-state index contributed by atoms with van der Waals surface area (Å²) in [6.45, 7) is 3.67. The molecule has 3 rings (SSSR count). The van der Waals surface area contributed by atoms with Gasteiger partial charge in [0.05, 0.1) is 11.4 Å². The van der Waals surface area contributed by atoms with E-state index in [1.54, 1.807) is 19.1 Å². The lowest BCUT2D eigenvalue weighted by molar-refractivity contribution is 0.619. The van der Waals surface area contributed by atoms with Gasteiger partial charge in [-0.1, -0.05) is 23.7 Å². The number of aliphatic imine (C=N–C) groups is 2. The van der Waals surface area contributed by atoms with Crippen LogP contribution in [0.15, 0.2) is 51.6 Å². The second-order valence-corrected chi connectivity index (χ2v) is 5.95. The molecule has 0 bridgehead atoms. The molecule has 0 atom stereocenters. The van der Waals surface area contributed by atoms with Gasteiger partial charge >= 0.3 is 0 Å². The Morgan fingerprint density at radius 1 is 1.39 bits per heavy atom. The molecule has 0 amide bonds. The number of anilines is 1. The maximum atomic E-state index is 12.5. The van der Waals surface area contributed by atoms with Crippen molar-refractivity contribution in [3.63, 3.8) is 0 Å². The standard InChI is InChI=1S/C11H13ClN2.C7H8FN/c1-3-9-11(13-2)8(7-4-5-7)6-10(12)14-9;1-5-2-3-6(9)4-7(5)8/h3,6-7H,4-5H2,1-2H3;2-4H,9H2,1H3/b9-3+,13-11?;. The fraction of sp³-hybridized carbons (Fsp3) is 0.333. The molecule has 1 fully saturated rings. The lowest BCUT2D eigenvalue weighted by Crippen LogP contribution is -2.13. The zero-order valence-corrected chi connectivity index (χ0v) is 14.4. The Hall–Kier alpha value is -1.94. The summed E-state index contributed by atoms with van der Waals surface area (Å²) >= 11 is 5.96. The molecule has 1 aromatic carbocycles. The van der Waals surface area contributed by atoms with Crippen LogP contribution in [0.25, 0.3) is 0 Å². The Morgan fingerprint density at radius 3 is 2.57 bits per heavy atom. The van der Waals surface area contributed by atoms with Crippen LogP contribution in [-0.4, -0.2) is 17.9 Å². The molecule has 2 aliphatic rings. The Kier molecular flexibility index (Phi) is 5.72. The van der Waals surface area contributed by atoms with Crippen LogP contribution >= 0.6 is 11.6 Å². The number of nitrogens with two attached hydrogens (primary N) is 1. The summed E-state index contributed by atoms with van der Waals surface area (Å²) < 4.78 is 12.5. The number of nitrogens with zero attached hydrogens (tertiary/aromatic N) is 2. The topological polar surface area (TPSA) is 50.7 Å². The first-order valence-electron chi connectivity index (χ1n) is 7.57. The van der Waals surface area contributed by atoms with Crippen LogP contribution in [0.3, 0.4) is 0 Å². The van der Waals surface area contributed by atoms with Gasteiger partial charge in [0.1, 0.15) is 11.0 Å². The number of hydrogen-bond donors (Lipinski definition) is 1. The maximum absolute atomic E-state index is 12.5. The first kappa shape index (κ1) is 17.4. The Balaban J connectivity index is 0.000000185. The summed E-state index contributed by atoms with van der Waals surface area (Å²) in [6.07, 6.45) is 6.42. The van der Waals surface area contributed by atoms with Gasteiger partial charge in [0, 0.05) is 12.7 Å². The predicted octanol–water partition coefficient (Wildman–Crippen LogP) is 4.66. The fourth-order valence-electron chi connectivity index (χ4n) is 2.30. The van der Waals surface area contributed by atoms with E-state index in [2.05, 4.69) is 9.98 Å². The summed E-state index contributed by atoms with van der Waals surface area (Å²) in [4.78, 5) is 8.54. The Labute approximate surface area is 141 Å². The van der Waals surface area contributed by atoms with Crippen molar-refractivity contribution in [2.75, 3.05) is 12.8 Å². The Bertz CT molecular complexity index is 713. The van der Waals surface area contributed by atoms with Crippen molar-refractivity contribution < 1.29 is 4.39 Å². The zero-order valence-electron chi connectivity index (χ0n) is 13.6. The molecular weight excluding hydrogens is 313 g/mol. The highest BCUT2D eigenvalue weighted by molar-refractivity contribution is 6.69. The van der Waals surface area contributed by atoms with Crippen molar-refractivity contribution in [2.24, 2.45) is 15.9 Å². The summed E-state index contributed by atoms with van der Waals surface area (Å²) in [7, 11) is 1.81. The van der Waals surface area contributed by atoms with Gasteiger partial charge in [-0.25, -0.2) is 9.38 Å². The first-order chi connectivity index (χ1) is 11.0. The third kappa shape index (κ3) is 4.52. The number of nitrogen functional groups attached to an aromatic ring is 1. The van der Waals surface area contributed by atoms with E-state index in [0.29, 0.717) is 22.3 Å². The summed E-state index contributed by atoms with van der Waals surface area (Å²) in [6, 6.07) is 4.65. The molecule has 5 heteroatoms. The van der Waals surface area contributed by atoms with Crippen LogP contribution in [0.4, 0.5) is 10.1 Å². The molecule has 2 N–H and O–H groups in total. The minimum Gasteiger partial charge on any atom is -0.399 e. The van der Waals surface area contributed by atoms with E-state index in [-0.39, 0.29) is 5.82 Å². The number of dihydropyridines is 1. The minimum absolute atomic E-state index is 0.241. The molecule has 0 aromatic heterocycles. The molecule has 0 spiro atoms. The lowest BCUT2D eigenvalue weighted by Gasteiger charge is -2.14. The van der Waals surface area contributed by atoms with Gasteiger partial charge in [-0.2, -0.15) is 0 Å². The van der Waals surface area contributed by atoms with E-state index in [0.717, 1.165) is 11.4 Å². The van der Waals surface area contributed by atoms with E-state index in [4.69, 9.17) is 17.3 Å². The van der Waals surface area contributed by atoms with Crippen molar-refractivity contribution in [1.29, 1.82) is 0 Å². The lowest BCUT2D eigenvalue weighted by atomic mass is 10.0. The minimum atomic E-state index is -0.241. The first-order valence-corrected chi connectivity index (χ1v) is 7.95. The van der Waals surface area contributed by atoms with Gasteiger partial charge < -0.3 is 5.73 Å². The monoisotopic (exact) mass is 333 g/mol. The molecule has 3 nitrogen and oxygen atoms in total. The van der Waals surface area contributed by atoms with Crippen LogP contribution in [0.2, 0.25) is 0 Å². The van der Waals surface area contributed by atoms with E-state index in [1.165, 1.54) is 24.5 Å². The molecule has 1 aliphatic heterocycles. The van der Waals surface area contributed by atoms with Gasteiger partial charge in [0.25, 0.3) is 0 Å². The fourth-order valence-corrected chi connectivity index (χ4v) is 2.51. The van der Waals surface area contributed by atoms with Crippen LogP contribution < -0.4 is 5.73 Å². The third-order valence-electron chi connectivity index (χ3n) is 3.73. The van der Waals surface area contributed by atoms with Crippen LogP contribution in [0.1, 0.15) is 25.3 Å². The molecule has 1 heterocycles. The number of allylic oxidation sites excluding steroid dienone is 3. The molecular formula is C18H21ClFN3. The third-order valence-corrected chi connectivity index (χ3v) is 3.92. The highest BCUT2D eigenvalue weighted by atomic mass is 35.5. The van der Waals surface area contributed by atoms with Crippen molar-refractivity contribution in [1.82, 2.24) is 0 Å². The van der Waals surface area contributed by atoms with Crippen molar-refractivity contribution >= 4 is 28.2 Å². The largest absolute Gasteiger partial charge is 0.399 e. The van der Waals surface area contributed by atoms with Gasteiger partial charge in [0.2, 0.25) is 0 Å². The maximum Gasteiger partial charge on any atom is 0.130 e. The number of halogens is 2. The molecule has 23 heavy (non-hydrogen) atoms. The van der Waals surface area contributed by atoms with E-state index in [1.807, 2.05) is 26.1 Å². The molecule has 0 radical (unpaired) electrons. The van der Waals surface area contributed by atoms with Crippen LogP contribution in [0.5, 0.6) is 0 Å². The predicted molar refractivity (Wildman–Crippen MR) is 96.8 cm³/mol. The van der Waals surface area contributed by atoms with Crippen molar-refractivity contribution in [2.45, 2.75) is 26.7 Å². The van der Waals surface area contributed by atoms with Gasteiger partial charge in [-0.15, -0.1) is 0 Å². The Morgan fingerprint density at radius 2 is 2.09 bits per heavy atom. The SMILES string of the molecule is C/C=C1/N=C(Cl)C=C(C2CC2)C1=NC.Cc1ccc(N)cc1F. The molecule has 1 saturated carbocycles. The molecule has 122 valence electrons. The van der Waals surface area contributed by atoms with E-state index < -0.39 is 0 Å². The molecule has 0 unspecified atom stereocenters. The summed E-state index contributed by atoms with van der Waals surface area (Å²) in [5.74, 6) is 0.419. The number of rotatable bonds is 1. The summed E-state index contributed by atoms with van der Waals surface area (Å²) in [5, 5.41) is 0.576. The van der Waals surface area contributed by atoms with Crippen molar-refractivity contribution in [3.8, 4) is 0 Å². The normalized spacial score (nSPS) is 20.7. The zero-order chi connectivity index (χ0) is 17.0. The quantitative estimate of drug-likeness (QED) is 0.746. The van der Waals surface area contributed by atoms with E-state index in [9.17, 15) is 4.39 Å². The second-order valence-electron chi connectivity index (χ2n) is 5.56. The highest BCUT2D eigenvalue weighted by Gasteiger charge is 2.31. The summed E-state index contributed by atoms with van der Waals surface area (Å²) in [5.41, 5.74) is 9.57.